The van der Waals surface area contributed by atoms with Crippen molar-refractivity contribution in [3.63, 3.8) is 0 Å². The normalized spacial score (nSPS) is 35.8. The fraction of sp³-hybridized carbons (Fsp3) is 0.933. The molecule has 1 aliphatic carbocycles. The second kappa shape index (κ2) is 6.76. The highest BCUT2D eigenvalue weighted by Gasteiger charge is 2.31. The summed E-state index contributed by atoms with van der Waals surface area (Å²) < 4.78 is 0. The highest BCUT2D eigenvalue weighted by Crippen LogP contribution is 2.17. The van der Waals surface area contributed by atoms with E-state index in [0.717, 1.165) is 6.54 Å². The Kier molecular flexibility index (Phi) is 4.78. The van der Waals surface area contributed by atoms with E-state index in [1.54, 1.807) is 0 Å². The number of fused-ring (bicyclic) bond motifs is 3. The van der Waals surface area contributed by atoms with Crippen molar-refractivity contribution >= 4 is 5.96 Å². The number of hydrogen-bond acceptors (Lipinski definition) is 3. The van der Waals surface area contributed by atoms with Crippen molar-refractivity contribution in [2.24, 2.45) is 10.7 Å². The van der Waals surface area contributed by atoms with E-state index in [1.807, 2.05) is 0 Å². The van der Waals surface area contributed by atoms with Gasteiger partial charge in [0, 0.05) is 44.8 Å². The summed E-state index contributed by atoms with van der Waals surface area (Å²) >= 11 is 0. The highest BCUT2D eigenvalue weighted by atomic mass is 15.3. The van der Waals surface area contributed by atoms with Gasteiger partial charge in [-0.25, -0.2) is 0 Å². The van der Waals surface area contributed by atoms with E-state index in [0.29, 0.717) is 18.0 Å². The number of guanidine groups is 1. The van der Waals surface area contributed by atoms with Crippen LogP contribution in [0.1, 0.15) is 38.5 Å². The van der Waals surface area contributed by atoms with Crippen LogP contribution in [0.25, 0.3) is 0 Å². The molecule has 3 aliphatic heterocycles. The number of hydrogen-bond donors (Lipinski definition) is 2. The van der Waals surface area contributed by atoms with Gasteiger partial charge in [0.15, 0.2) is 5.96 Å². The lowest BCUT2D eigenvalue weighted by Crippen LogP contribution is -2.62. The molecule has 3 N–H and O–H groups in total. The van der Waals surface area contributed by atoms with Gasteiger partial charge in [-0.2, -0.15) is 0 Å². The second-order valence-corrected chi connectivity index (χ2v) is 6.55. The zero-order valence-electron chi connectivity index (χ0n) is 12.6. The van der Waals surface area contributed by atoms with E-state index >= 15 is 0 Å². The Morgan fingerprint density at radius 2 is 1.75 bits per heavy atom. The molecular formula is C15H29N5. The van der Waals surface area contributed by atoms with Gasteiger partial charge in [-0.05, 0) is 12.8 Å². The number of nitrogens with zero attached hydrogens (tertiary/aromatic N) is 3. The van der Waals surface area contributed by atoms with Crippen LogP contribution in [-0.2, 0) is 0 Å². The maximum Gasteiger partial charge on any atom is 0.188 e. The van der Waals surface area contributed by atoms with Crippen LogP contribution in [0.15, 0.2) is 4.99 Å². The maximum atomic E-state index is 6.08. The molecule has 114 valence electrons. The first-order valence-electron chi connectivity index (χ1n) is 8.34. The van der Waals surface area contributed by atoms with E-state index in [-0.39, 0.29) is 0 Å². The molecule has 0 spiro atoms. The summed E-state index contributed by atoms with van der Waals surface area (Å²) in [6.07, 6.45) is 7.91. The van der Waals surface area contributed by atoms with Crippen LogP contribution in [0, 0.1) is 0 Å². The molecule has 3 saturated heterocycles. The van der Waals surface area contributed by atoms with Gasteiger partial charge in [0.05, 0.1) is 6.54 Å². The van der Waals surface area contributed by atoms with Gasteiger partial charge in [-0.1, -0.05) is 25.7 Å². The maximum absolute atomic E-state index is 6.08. The molecule has 4 aliphatic rings. The third-order valence-corrected chi connectivity index (χ3v) is 5.07. The van der Waals surface area contributed by atoms with Gasteiger partial charge in [-0.3, -0.25) is 14.8 Å². The summed E-state index contributed by atoms with van der Waals surface area (Å²) in [4.78, 5) is 9.73. The Morgan fingerprint density at radius 3 is 2.35 bits per heavy atom. The topological polar surface area (TPSA) is 56.9 Å². The summed E-state index contributed by atoms with van der Waals surface area (Å²) in [6, 6.07) is 1.13. The molecule has 4 fully saturated rings. The molecule has 5 nitrogen and oxygen atoms in total. The minimum absolute atomic E-state index is 0.549. The van der Waals surface area contributed by atoms with Crippen molar-refractivity contribution < 1.29 is 0 Å². The Bertz CT molecular complexity index is 327. The lowest BCUT2D eigenvalue weighted by Gasteiger charge is -2.47. The van der Waals surface area contributed by atoms with Crippen molar-refractivity contribution in [1.29, 1.82) is 0 Å². The summed E-state index contributed by atoms with van der Waals surface area (Å²) in [5, 5.41) is 3.44. The van der Waals surface area contributed by atoms with Crippen molar-refractivity contribution in [2.45, 2.75) is 50.6 Å². The molecule has 0 radical (unpaired) electrons. The van der Waals surface area contributed by atoms with E-state index in [2.05, 4.69) is 20.1 Å². The number of nitrogens with one attached hydrogen (secondary N) is 1. The van der Waals surface area contributed by atoms with Crippen LogP contribution in [0.4, 0.5) is 0 Å². The Balaban J connectivity index is 1.45. The highest BCUT2D eigenvalue weighted by molar-refractivity contribution is 5.78. The van der Waals surface area contributed by atoms with Crippen LogP contribution < -0.4 is 11.1 Å². The minimum Gasteiger partial charge on any atom is -0.370 e. The molecule has 0 aromatic rings. The molecule has 1 saturated carbocycles. The van der Waals surface area contributed by atoms with Crippen LogP contribution in [0.2, 0.25) is 0 Å². The smallest absolute Gasteiger partial charge is 0.188 e. The number of piperazine rings is 3. The summed E-state index contributed by atoms with van der Waals surface area (Å²) in [5.74, 6) is 0.662. The van der Waals surface area contributed by atoms with Crippen LogP contribution in [-0.4, -0.2) is 67.1 Å². The van der Waals surface area contributed by atoms with Crippen molar-refractivity contribution in [3.05, 3.63) is 0 Å². The Morgan fingerprint density at radius 1 is 1.05 bits per heavy atom. The average molecular weight is 279 g/mol. The monoisotopic (exact) mass is 279 g/mol. The zero-order valence-corrected chi connectivity index (χ0v) is 12.6. The third kappa shape index (κ3) is 3.64. The third-order valence-electron chi connectivity index (χ3n) is 5.07. The summed E-state index contributed by atoms with van der Waals surface area (Å²) in [5.41, 5.74) is 6.08. The average Bonchev–Trinajstić information content (AvgIpc) is 2.75. The van der Waals surface area contributed by atoms with Gasteiger partial charge >= 0.3 is 0 Å². The van der Waals surface area contributed by atoms with Gasteiger partial charge in [0.1, 0.15) is 0 Å². The lowest BCUT2D eigenvalue weighted by atomic mass is 10.1. The molecule has 0 aromatic carbocycles. The SMILES string of the molecule is NC(=NCC1CN2CCN1CC2)NC1CCCCCC1. The van der Waals surface area contributed by atoms with Crippen molar-refractivity contribution in [3.8, 4) is 0 Å². The quantitative estimate of drug-likeness (QED) is 0.452. The van der Waals surface area contributed by atoms with Crippen LogP contribution in [0.3, 0.4) is 0 Å². The van der Waals surface area contributed by atoms with E-state index < -0.39 is 0 Å². The van der Waals surface area contributed by atoms with Gasteiger partial charge in [0.25, 0.3) is 0 Å². The molecule has 3 heterocycles. The molecule has 20 heavy (non-hydrogen) atoms. The molecular weight excluding hydrogens is 250 g/mol. The van der Waals surface area contributed by atoms with Crippen molar-refractivity contribution in [2.75, 3.05) is 39.3 Å². The van der Waals surface area contributed by atoms with Gasteiger partial charge in [-0.15, -0.1) is 0 Å². The zero-order chi connectivity index (χ0) is 13.8. The van der Waals surface area contributed by atoms with Gasteiger partial charge in [0.2, 0.25) is 0 Å². The first-order chi connectivity index (χ1) is 9.81. The van der Waals surface area contributed by atoms with Crippen molar-refractivity contribution in [1.82, 2.24) is 15.1 Å². The molecule has 4 rings (SSSR count). The molecule has 0 amide bonds. The largest absolute Gasteiger partial charge is 0.370 e. The van der Waals surface area contributed by atoms with E-state index in [4.69, 9.17) is 5.73 Å². The standard InChI is InChI=1S/C15H29N5/c16-15(18-13-5-3-1-2-4-6-13)17-11-14-12-19-7-9-20(14)10-8-19/h13-14H,1-12H2,(H3,16,17,18). The summed E-state index contributed by atoms with van der Waals surface area (Å²) in [7, 11) is 0. The second-order valence-electron chi connectivity index (χ2n) is 6.55. The number of aliphatic imine (C=N–C) groups is 1. The first-order valence-corrected chi connectivity index (χ1v) is 8.34. The first kappa shape index (κ1) is 14.1. The van der Waals surface area contributed by atoms with Gasteiger partial charge < -0.3 is 11.1 Å². The van der Waals surface area contributed by atoms with E-state index in [1.165, 1.54) is 71.2 Å². The predicted octanol–water partition coefficient (Wildman–Crippen LogP) is 0.613. The molecule has 1 atom stereocenters. The Hall–Kier alpha value is -0.810. The Labute approximate surface area is 122 Å². The molecule has 1 unspecified atom stereocenters. The molecule has 2 bridgehead atoms. The fourth-order valence-electron chi connectivity index (χ4n) is 3.78. The lowest BCUT2D eigenvalue weighted by molar-refractivity contribution is 0.0174. The molecule has 5 heteroatoms. The molecule has 0 aromatic heterocycles. The number of nitrogens with two attached hydrogens (primary N) is 1. The van der Waals surface area contributed by atoms with Crippen LogP contribution >= 0.6 is 0 Å². The van der Waals surface area contributed by atoms with Crippen LogP contribution in [0.5, 0.6) is 0 Å². The summed E-state index contributed by atoms with van der Waals surface area (Å²) in [6.45, 7) is 6.89. The predicted molar refractivity (Wildman–Crippen MR) is 82.9 cm³/mol. The van der Waals surface area contributed by atoms with E-state index in [9.17, 15) is 0 Å². The number of rotatable bonds is 3. The minimum atomic E-state index is 0.549. The fourth-order valence-corrected chi connectivity index (χ4v) is 3.78.